The number of carbonyl (C=O) groups excluding carboxylic acids is 1. The highest BCUT2D eigenvalue weighted by atomic mass is 16.5. The molecule has 1 rings (SSSR count). The molecule has 18 heavy (non-hydrogen) atoms. The van der Waals surface area contributed by atoms with E-state index < -0.39 is 0 Å². The van der Waals surface area contributed by atoms with Crippen molar-refractivity contribution in [3.05, 3.63) is 35.9 Å². The molecule has 0 spiro atoms. The van der Waals surface area contributed by atoms with E-state index in [1.54, 1.807) is 0 Å². The summed E-state index contributed by atoms with van der Waals surface area (Å²) in [6.45, 7) is 4.94. The van der Waals surface area contributed by atoms with Crippen LogP contribution in [0.2, 0.25) is 0 Å². The van der Waals surface area contributed by atoms with E-state index in [-0.39, 0.29) is 17.9 Å². The highest BCUT2D eigenvalue weighted by Crippen LogP contribution is 2.17. The van der Waals surface area contributed by atoms with Crippen LogP contribution in [0.5, 0.6) is 0 Å². The fourth-order valence-electron chi connectivity index (χ4n) is 2.16. The summed E-state index contributed by atoms with van der Waals surface area (Å²) in [6, 6.07) is 9.98. The predicted octanol–water partition coefficient (Wildman–Crippen LogP) is 2.71. The average molecular weight is 249 g/mol. The molecule has 1 aromatic carbocycles. The number of benzene rings is 1. The molecule has 0 heterocycles. The van der Waals surface area contributed by atoms with Crippen molar-refractivity contribution in [2.24, 2.45) is 5.92 Å². The zero-order valence-electron chi connectivity index (χ0n) is 11.7. The van der Waals surface area contributed by atoms with Crippen LogP contribution >= 0.6 is 0 Å². The van der Waals surface area contributed by atoms with Crippen LogP contribution in [0.4, 0.5) is 0 Å². The zero-order chi connectivity index (χ0) is 13.5. The molecule has 3 nitrogen and oxygen atoms in total. The van der Waals surface area contributed by atoms with Gasteiger partial charge in [0.05, 0.1) is 7.11 Å². The van der Waals surface area contributed by atoms with Gasteiger partial charge in [0.15, 0.2) is 0 Å². The second-order valence-corrected chi connectivity index (χ2v) is 4.75. The zero-order valence-corrected chi connectivity index (χ0v) is 11.7. The van der Waals surface area contributed by atoms with E-state index in [2.05, 4.69) is 30.9 Å². The number of nitrogens with zero attached hydrogens (tertiary/aromatic N) is 1. The number of ether oxygens (including phenoxy) is 1. The van der Waals surface area contributed by atoms with Crippen LogP contribution in [0.25, 0.3) is 0 Å². The summed E-state index contributed by atoms with van der Waals surface area (Å²) in [6.07, 6.45) is 0.957. The fraction of sp³-hybridized carbons (Fsp3) is 0.533. The minimum atomic E-state index is -0.180. The van der Waals surface area contributed by atoms with Gasteiger partial charge in [-0.3, -0.25) is 9.69 Å². The van der Waals surface area contributed by atoms with E-state index in [1.807, 2.05) is 25.2 Å². The summed E-state index contributed by atoms with van der Waals surface area (Å²) in [5.41, 5.74) is 1.21. The summed E-state index contributed by atoms with van der Waals surface area (Å²) in [5.74, 6) is 0.133. The Morgan fingerprint density at radius 1 is 1.33 bits per heavy atom. The molecule has 0 saturated carbocycles. The Balaban J connectivity index is 2.76. The number of carbonyl (C=O) groups is 1. The average Bonchev–Trinajstić information content (AvgIpc) is 2.39. The van der Waals surface area contributed by atoms with Gasteiger partial charge in [-0.25, -0.2) is 0 Å². The maximum Gasteiger partial charge on any atom is 0.323 e. The van der Waals surface area contributed by atoms with E-state index in [0.717, 1.165) is 13.0 Å². The summed E-state index contributed by atoms with van der Waals surface area (Å²) in [7, 11) is 3.43. The molecule has 3 heteroatoms. The van der Waals surface area contributed by atoms with Crippen LogP contribution in [0, 0.1) is 5.92 Å². The number of methoxy groups -OCH3 is 1. The summed E-state index contributed by atoms with van der Waals surface area (Å²) in [4.78, 5) is 13.9. The van der Waals surface area contributed by atoms with Crippen LogP contribution in [-0.2, 0) is 16.1 Å². The van der Waals surface area contributed by atoms with Gasteiger partial charge in [0, 0.05) is 6.54 Å². The van der Waals surface area contributed by atoms with Crippen LogP contribution < -0.4 is 0 Å². The second kappa shape index (κ2) is 7.17. The smallest absolute Gasteiger partial charge is 0.323 e. The minimum Gasteiger partial charge on any atom is -0.468 e. The number of esters is 1. The van der Waals surface area contributed by atoms with Gasteiger partial charge in [-0.15, -0.1) is 0 Å². The molecule has 2 atom stereocenters. The van der Waals surface area contributed by atoms with Gasteiger partial charge in [0.2, 0.25) is 0 Å². The minimum absolute atomic E-state index is 0.150. The molecule has 0 aliphatic rings. The number of hydrogen-bond donors (Lipinski definition) is 0. The third-order valence-electron chi connectivity index (χ3n) is 3.38. The van der Waals surface area contributed by atoms with E-state index in [9.17, 15) is 4.79 Å². The summed E-state index contributed by atoms with van der Waals surface area (Å²) < 4.78 is 4.91. The highest BCUT2D eigenvalue weighted by molar-refractivity contribution is 5.75. The van der Waals surface area contributed by atoms with Crippen molar-refractivity contribution in [3.63, 3.8) is 0 Å². The van der Waals surface area contributed by atoms with E-state index in [4.69, 9.17) is 4.74 Å². The maximum absolute atomic E-state index is 11.9. The van der Waals surface area contributed by atoms with Crippen molar-refractivity contribution in [2.75, 3.05) is 14.2 Å². The molecule has 0 aliphatic heterocycles. The molecular weight excluding hydrogens is 226 g/mol. The second-order valence-electron chi connectivity index (χ2n) is 4.75. The highest BCUT2D eigenvalue weighted by Gasteiger charge is 2.28. The van der Waals surface area contributed by atoms with Gasteiger partial charge in [0.25, 0.3) is 0 Å². The lowest BCUT2D eigenvalue weighted by Gasteiger charge is -2.30. The summed E-state index contributed by atoms with van der Waals surface area (Å²) in [5, 5.41) is 0. The first-order chi connectivity index (χ1) is 8.60. The van der Waals surface area contributed by atoms with Crippen LogP contribution in [0.15, 0.2) is 30.3 Å². The van der Waals surface area contributed by atoms with Gasteiger partial charge in [0.1, 0.15) is 6.04 Å². The van der Waals surface area contributed by atoms with Gasteiger partial charge >= 0.3 is 5.97 Å². The maximum atomic E-state index is 11.9. The third kappa shape index (κ3) is 3.84. The van der Waals surface area contributed by atoms with Crippen molar-refractivity contribution >= 4 is 5.97 Å². The van der Waals surface area contributed by atoms with Gasteiger partial charge in [-0.2, -0.15) is 0 Å². The largest absolute Gasteiger partial charge is 0.468 e. The molecule has 0 bridgehead atoms. The predicted molar refractivity (Wildman–Crippen MR) is 73.2 cm³/mol. The lowest BCUT2D eigenvalue weighted by atomic mass is 9.97. The van der Waals surface area contributed by atoms with Gasteiger partial charge < -0.3 is 4.74 Å². The quantitative estimate of drug-likeness (QED) is 0.726. The van der Waals surface area contributed by atoms with E-state index >= 15 is 0 Å². The normalized spacial score (nSPS) is 14.3. The first-order valence-electron chi connectivity index (χ1n) is 6.42. The molecule has 0 N–H and O–H groups in total. The molecule has 0 aromatic heterocycles. The first kappa shape index (κ1) is 14.7. The van der Waals surface area contributed by atoms with E-state index in [0.29, 0.717) is 0 Å². The van der Waals surface area contributed by atoms with Crippen molar-refractivity contribution in [1.82, 2.24) is 4.90 Å². The van der Waals surface area contributed by atoms with Crippen LogP contribution in [-0.4, -0.2) is 31.1 Å². The first-order valence-corrected chi connectivity index (χ1v) is 6.42. The molecule has 0 aliphatic carbocycles. The molecule has 100 valence electrons. The Bertz CT molecular complexity index is 364. The topological polar surface area (TPSA) is 29.5 Å². The number of hydrogen-bond acceptors (Lipinski definition) is 3. The van der Waals surface area contributed by atoms with Gasteiger partial charge in [-0.05, 0) is 18.5 Å². The van der Waals surface area contributed by atoms with Crippen LogP contribution in [0.1, 0.15) is 25.8 Å². The van der Waals surface area contributed by atoms with Crippen LogP contribution in [0.3, 0.4) is 0 Å². The molecular formula is C15H23NO2. The van der Waals surface area contributed by atoms with Crippen molar-refractivity contribution in [3.8, 4) is 0 Å². The number of likely N-dealkylation sites (N-methyl/N-ethyl adjacent to an activating group) is 1. The molecule has 0 amide bonds. The molecule has 0 fully saturated rings. The molecule has 0 saturated heterocycles. The van der Waals surface area contributed by atoms with Crippen molar-refractivity contribution in [2.45, 2.75) is 32.9 Å². The van der Waals surface area contributed by atoms with E-state index in [1.165, 1.54) is 12.7 Å². The molecule has 0 radical (unpaired) electrons. The Morgan fingerprint density at radius 3 is 2.44 bits per heavy atom. The monoisotopic (exact) mass is 249 g/mol. The van der Waals surface area contributed by atoms with Crippen molar-refractivity contribution in [1.29, 1.82) is 0 Å². The Hall–Kier alpha value is -1.35. The Kier molecular flexibility index (Phi) is 5.86. The fourth-order valence-corrected chi connectivity index (χ4v) is 2.16. The standard InChI is InChI=1S/C15H23NO2/c1-5-12(2)14(15(17)18-4)16(3)11-13-9-7-6-8-10-13/h6-10,12,14H,5,11H2,1-4H3/t12-,14-/m0/s1. The molecule has 1 aromatic rings. The Labute approximate surface area is 110 Å². The van der Waals surface area contributed by atoms with Crippen molar-refractivity contribution < 1.29 is 9.53 Å². The number of rotatable bonds is 6. The summed E-state index contributed by atoms with van der Waals surface area (Å²) >= 11 is 0. The lowest BCUT2D eigenvalue weighted by molar-refractivity contribution is -0.148. The van der Waals surface area contributed by atoms with Gasteiger partial charge in [-0.1, -0.05) is 50.6 Å². The Morgan fingerprint density at radius 2 is 1.94 bits per heavy atom. The molecule has 0 unspecified atom stereocenters. The third-order valence-corrected chi connectivity index (χ3v) is 3.38. The SMILES string of the molecule is CC[C@H](C)[C@@H](C(=O)OC)N(C)Cc1ccccc1. The lowest BCUT2D eigenvalue weighted by Crippen LogP contribution is -2.43.